The van der Waals surface area contributed by atoms with Crippen LogP contribution in [0.4, 0.5) is 0 Å². The summed E-state index contributed by atoms with van der Waals surface area (Å²) in [6.07, 6.45) is 16.7. The second-order valence-electron chi connectivity index (χ2n) is 11.2. The number of hydrogen-bond acceptors (Lipinski definition) is 0. The van der Waals surface area contributed by atoms with Gasteiger partial charge in [-0.25, -0.2) is 0 Å². The minimum Gasteiger partial charge on any atom is -0.0776 e. The van der Waals surface area contributed by atoms with Gasteiger partial charge in [-0.15, -0.1) is 0 Å². The van der Waals surface area contributed by atoms with Crippen LogP contribution >= 0.6 is 0 Å². The molecule has 0 heterocycles. The molecule has 4 saturated carbocycles. The molecule has 29 heavy (non-hydrogen) atoms. The average molecular weight is 407 g/mol. The molecule has 0 aliphatic heterocycles. The Morgan fingerprint density at radius 2 is 1.41 bits per heavy atom. The van der Waals surface area contributed by atoms with Gasteiger partial charge in [0, 0.05) is 0 Å². The third kappa shape index (κ3) is 4.09. The lowest BCUT2D eigenvalue weighted by molar-refractivity contribution is -0.168. The molecule has 4 aliphatic rings. The van der Waals surface area contributed by atoms with Crippen LogP contribution in [0.5, 0.6) is 0 Å². The highest BCUT2D eigenvalue weighted by molar-refractivity contribution is 5.13. The normalized spacial score (nSPS) is 47.7. The number of hydrogen-bond donors (Lipinski definition) is 0. The Balaban J connectivity index is 0.000000794. The molecular weight excluding hydrogens is 348 g/mol. The van der Waals surface area contributed by atoms with Crippen LogP contribution in [0, 0.1) is 45.8 Å². The van der Waals surface area contributed by atoms with E-state index in [-0.39, 0.29) is 7.43 Å². The van der Waals surface area contributed by atoms with Gasteiger partial charge in [-0.05, 0) is 90.8 Å². The van der Waals surface area contributed by atoms with Gasteiger partial charge < -0.3 is 0 Å². The smallest absolute Gasteiger partial charge is 0.0241 e. The highest BCUT2D eigenvalue weighted by atomic mass is 14.7. The van der Waals surface area contributed by atoms with Gasteiger partial charge in [-0.1, -0.05) is 95.4 Å². The Bertz CT molecular complexity index is 480. The van der Waals surface area contributed by atoms with Gasteiger partial charge >= 0.3 is 0 Å². The standard InChI is InChI=1S/C24H42.2C2H6.CH4/c1-6-9-18-10-11-20-19-12-15-22(3)13-7-8-14-23(22,4)21(19)16-17(2)24(18,20)5;2*1-2;/h17-21H,6-16H2,1-5H3;2*1-2H3;1H4/t17-,18?,19?,20?,21?,22?,23?,24?;;;/m0.../s1. The predicted octanol–water partition coefficient (Wildman–Crippen LogP) is 10.2. The van der Waals surface area contributed by atoms with Crippen molar-refractivity contribution in [3.63, 3.8) is 0 Å². The van der Waals surface area contributed by atoms with Crippen LogP contribution in [0.1, 0.15) is 140 Å². The molecule has 7 unspecified atom stereocenters. The van der Waals surface area contributed by atoms with Crippen molar-refractivity contribution >= 4 is 0 Å². The summed E-state index contributed by atoms with van der Waals surface area (Å²) in [5, 5.41) is 0. The van der Waals surface area contributed by atoms with Crippen molar-refractivity contribution < 1.29 is 0 Å². The first-order chi connectivity index (χ1) is 13.4. The van der Waals surface area contributed by atoms with Gasteiger partial charge in [0.25, 0.3) is 0 Å². The van der Waals surface area contributed by atoms with Crippen molar-refractivity contribution in [3.05, 3.63) is 0 Å². The van der Waals surface area contributed by atoms with Gasteiger partial charge in [0.15, 0.2) is 0 Å². The topological polar surface area (TPSA) is 0 Å². The van der Waals surface area contributed by atoms with Gasteiger partial charge in [0.2, 0.25) is 0 Å². The number of fused-ring (bicyclic) bond motifs is 5. The van der Waals surface area contributed by atoms with E-state index in [1.165, 1.54) is 51.4 Å². The lowest BCUT2D eigenvalue weighted by Crippen LogP contribution is -2.58. The van der Waals surface area contributed by atoms with Crippen LogP contribution in [-0.2, 0) is 0 Å². The van der Waals surface area contributed by atoms with Gasteiger partial charge in [-0.3, -0.25) is 0 Å². The fourth-order valence-electron chi connectivity index (χ4n) is 8.90. The monoisotopic (exact) mass is 406 g/mol. The second kappa shape index (κ2) is 10.5. The Kier molecular flexibility index (Phi) is 9.83. The van der Waals surface area contributed by atoms with Crippen molar-refractivity contribution in [1.82, 2.24) is 0 Å². The molecule has 4 aliphatic carbocycles. The van der Waals surface area contributed by atoms with E-state index in [9.17, 15) is 0 Å². The van der Waals surface area contributed by atoms with E-state index in [4.69, 9.17) is 0 Å². The van der Waals surface area contributed by atoms with Crippen molar-refractivity contribution in [2.75, 3.05) is 0 Å². The SMILES string of the molecule is C.CC.CC.CCCC1CCC2C3CCC4(C)CCCCC4(C)C3C[C@H](C)C12C. The zero-order chi connectivity index (χ0) is 21.2. The summed E-state index contributed by atoms with van der Waals surface area (Å²) in [4.78, 5) is 0. The molecule has 0 aromatic heterocycles. The second-order valence-corrected chi connectivity index (χ2v) is 11.2. The summed E-state index contributed by atoms with van der Waals surface area (Å²) in [7, 11) is 0. The Morgan fingerprint density at radius 1 is 0.793 bits per heavy atom. The zero-order valence-electron chi connectivity index (χ0n) is 21.2. The van der Waals surface area contributed by atoms with Crippen LogP contribution in [0.15, 0.2) is 0 Å². The van der Waals surface area contributed by atoms with E-state index in [1.54, 1.807) is 19.3 Å². The largest absolute Gasteiger partial charge is 0.0776 e. The molecule has 0 radical (unpaired) electrons. The molecule has 0 aromatic carbocycles. The summed E-state index contributed by atoms with van der Waals surface area (Å²) in [6, 6.07) is 0. The Hall–Kier alpha value is 0. The summed E-state index contributed by atoms with van der Waals surface area (Å²) in [5.41, 5.74) is 1.96. The summed E-state index contributed by atoms with van der Waals surface area (Å²) < 4.78 is 0. The quantitative estimate of drug-likeness (QED) is 0.427. The van der Waals surface area contributed by atoms with Gasteiger partial charge in [0.1, 0.15) is 0 Å². The van der Waals surface area contributed by atoms with Crippen LogP contribution in [0.2, 0.25) is 0 Å². The summed E-state index contributed by atoms with van der Waals surface area (Å²) in [6.45, 7) is 21.2. The van der Waals surface area contributed by atoms with E-state index in [1.807, 2.05) is 27.7 Å². The molecule has 4 fully saturated rings. The molecule has 4 rings (SSSR count). The highest BCUT2D eigenvalue weighted by Crippen LogP contribution is 2.72. The Morgan fingerprint density at radius 3 is 2.03 bits per heavy atom. The maximum absolute atomic E-state index is 2.73. The van der Waals surface area contributed by atoms with E-state index in [0.29, 0.717) is 16.2 Å². The van der Waals surface area contributed by atoms with Crippen LogP contribution < -0.4 is 0 Å². The van der Waals surface area contributed by atoms with E-state index in [0.717, 1.165) is 29.6 Å². The minimum atomic E-state index is 0. The van der Waals surface area contributed by atoms with Crippen molar-refractivity contribution in [2.24, 2.45) is 45.8 Å². The fourth-order valence-corrected chi connectivity index (χ4v) is 8.90. The van der Waals surface area contributed by atoms with Gasteiger partial charge in [-0.2, -0.15) is 0 Å². The molecule has 0 heteroatoms. The Labute approximate surface area is 186 Å². The molecule has 174 valence electrons. The molecule has 0 saturated heterocycles. The fraction of sp³-hybridized carbons (Fsp3) is 1.00. The molecule has 0 amide bonds. The van der Waals surface area contributed by atoms with E-state index < -0.39 is 0 Å². The first kappa shape index (κ1) is 27.0. The first-order valence-corrected chi connectivity index (χ1v) is 13.4. The maximum atomic E-state index is 2.73. The average Bonchev–Trinajstić information content (AvgIpc) is 3.05. The maximum Gasteiger partial charge on any atom is -0.0241 e. The molecule has 0 aromatic rings. The molecule has 0 spiro atoms. The van der Waals surface area contributed by atoms with Gasteiger partial charge in [0.05, 0.1) is 0 Å². The third-order valence-corrected chi connectivity index (χ3v) is 10.7. The lowest BCUT2D eigenvalue weighted by atomic mass is 9.39. The molecule has 8 atom stereocenters. The third-order valence-electron chi connectivity index (χ3n) is 10.7. The predicted molar refractivity (Wildman–Crippen MR) is 133 cm³/mol. The van der Waals surface area contributed by atoms with E-state index in [2.05, 4.69) is 34.6 Å². The molecular formula is C29H58. The zero-order valence-corrected chi connectivity index (χ0v) is 21.2. The van der Waals surface area contributed by atoms with E-state index >= 15 is 0 Å². The summed E-state index contributed by atoms with van der Waals surface area (Å²) >= 11 is 0. The highest BCUT2D eigenvalue weighted by Gasteiger charge is 2.64. The van der Waals surface area contributed by atoms with Crippen molar-refractivity contribution in [3.8, 4) is 0 Å². The van der Waals surface area contributed by atoms with Crippen LogP contribution in [0.25, 0.3) is 0 Å². The number of rotatable bonds is 2. The van der Waals surface area contributed by atoms with Crippen molar-refractivity contribution in [2.45, 2.75) is 140 Å². The minimum absolute atomic E-state index is 0. The molecule has 0 N–H and O–H groups in total. The molecule has 0 nitrogen and oxygen atoms in total. The van der Waals surface area contributed by atoms with Crippen LogP contribution in [0.3, 0.4) is 0 Å². The van der Waals surface area contributed by atoms with Crippen LogP contribution in [-0.4, -0.2) is 0 Å². The molecule has 0 bridgehead atoms. The summed E-state index contributed by atoms with van der Waals surface area (Å²) in [5.74, 6) is 5.11. The lowest BCUT2D eigenvalue weighted by Gasteiger charge is -2.66. The first-order valence-electron chi connectivity index (χ1n) is 13.4. The van der Waals surface area contributed by atoms with Crippen molar-refractivity contribution in [1.29, 1.82) is 0 Å².